The van der Waals surface area contributed by atoms with E-state index in [9.17, 15) is 39.2 Å². The monoisotopic (exact) mass is 351 g/mol. The molecule has 2 N–H and O–H groups in total. The normalized spacial score (nSPS) is 15.2. The molecule has 0 aliphatic carbocycles. The summed E-state index contributed by atoms with van der Waals surface area (Å²) in [5.41, 5.74) is 0. The van der Waals surface area contributed by atoms with E-state index < -0.39 is 39.8 Å². The molecule has 0 fully saturated rings. The van der Waals surface area contributed by atoms with Crippen molar-refractivity contribution in [3.05, 3.63) is 0 Å². The molecule has 1 unspecified atom stereocenters. The fraction of sp³-hybridized carbons (Fsp3) is 1.00. The number of halogens is 7. The van der Waals surface area contributed by atoms with Gasteiger partial charge in [0.05, 0.1) is 0 Å². The second kappa shape index (κ2) is 7.58. The average Bonchev–Trinajstić information content (AvgIpc) is 2.28. The first-order chi connectivity index (χ1) is 9.15. The van der Waals surface area contributed by atoms with Crippen molar-refractivity contribution in [1.29, 1.82) is 0 Å². The van der Waals surface area contributed by atoms with Crippen LogP contribution in [-0.4, -0.2) is 50.3 Å². The summed E-state index contributed by atoms with van der Waals surface area (Å²) in [4.78, 5) is 0. The predicted octanol–water partition coefficient (Wildman–Crippen LogP) is 2.71. The zero-order valence-electron chi connectivity index (χ0n) is 11.3. The summed E-state index contributed by atoms with van der Waals surface area (Å²) in [7, 11) is -3.07. The summed E-state index contributed by atoms with van der Waals surface area (Å²) in [6.45, 7) is 1.13. The Balaban J connectivity index is 0. The summed E-state index contributed by atoms with van der Waals surface area (Å²) in [6.07, 6.45) is -5.21. The summed E-state index contributed by atoms with van der Waals surface area (Å²) in [5, 5.41) is -3.75. The molecule has 0 amide bonds. The van der Waals surface area contributed by atoms with E-state index in [2.05, 4.69) is 5.32 Å². The van der Waals surface area contributed by atoms with E-state index in [1.807, 2.05) is 14.1 Å². The van der Waals surface area contributed by atoms with Gasteiger partial charge in [0.15, 0.2) is 6.17 Å². The van der Waals surface area contributed by atoms with Crippen molar-refractivity contribution in [2.24, 2.45) is 0 Å². The second-order valence-corrected chi connectivity index (χ2v) is 5.41. The van der Waals surface area contributed by atoms with Crippen LogP contribution in [0.3, 0.4) is 0 Å². The number of nitrogens with one attached hydrogen (secondary N) is 1. The van der Waals surface area contributed by atoms with Crippen LogP contribution in [0.2, 0.25) is 0 Å². The van der Waals surface area contributed by atoms with Crippen LogP contribution in [0.15, 0.2) is 0 Å². The maximum Gasteiger partial charge on any atom is 0.438 e. The van der Waals surface area contributed by atoms with E-state index in [1.165, 1.54) is 0 Å². The molecule has 21 heavy (non-hydrogen) atoms. The van der Waals surface area contributed by atoms with Gasteiger partial charge in [-0.05, 0) is 20.5 Å². The molecule has 130 valence electrons. The predicted molar refractivity (Wildman–Crippen MR) is 61.2 cm³/mol. The highest BCUT2D eigenvalue weighted by Crippen LogP contribution is 2.50. The van der Waals surface area contributed by atoms with Crippen molar-refractivity contribution in [1.82, 2.24) is 5.32 Å². The Labute approximate surface area is 117 Å². The van der Waals surface area contributed by atoms with Crippen molar-refractivity contribution >= 4 is 10.1 Å². The minimum Gasteiger partial charge on any atom is -0.323 e. The third-order valence-corrected chi connectivity index (χ3v) is 2.95. The van der Waals surface area contributed by atoms with Crippen LogP contribution >= 0.6 is 0 Å². The lowest BCUT2D eigenvalue weighted by molar-refractivity contribution is -0.300. The Hall–Kier alpha value is -0.620. The summed E-state index contributed by atoms with van der Waals surface area (Å²) < 4.78 is 117. The molecular weight excluding hydrogens is 335 g/mol. The Morgan fingerprint density at radius 1 is 1.10 bits per heavy atom. The van der Waals surface area contributed by atoms with Gasteiger partial charge < -0.3 is 5.32 Å². The third kappa shape index (κ3) is 4.68. The number of rotatable bonds is 6. The molecule has 0 spiro atoms. The van der Waals surface area contributed by atoms with Gasteiger partial charge in [0.2, 0.25) is 0 Å². The number of hydrogen-bond donors (Lipinski definition) is 2. The molecule has 0 aromatic carbocycles. The van der Waals surface area contributed by atoms with E-state index in [0.29, 0.717) is 0 Å². The van der Waals surface area contributed by atoms with Gasteiger partial charge in [-0.3, -0.25) is 4.55 Å². The average molecular weight is 351 g/mol. The van der Waals surface area contributed by atoms with E-state index in [1.54, 1.807) is 0 Å². The maximum absolute atomic E-state index is 12.8. The van der Waals surface area contributed by atoms with Crippen LogP contribution in [0.1, 0.15) is 19.8 Å². The zero-order chi connectivity index (χ0) is 17.7. The fourth-order valence-electron chi connectivity index (χ4n) is 0.987. The van der Waals surface area contributed by atoms with Crippen LogP contribution in [-0.2, 0) is 10.1 Å². The smallest absolute Gasteiger partial charge is 0.323 e. The van der Waals surface area contributed by atoms with Crippen molar-refractivity contribution in [2.75, 3.05) is 14.1 Å². The second-order valence-electron chi connectivity index (χ2n) is 3.95. The van der Waals surface area contributed by atoms with E-state index in [0.717, 1.165) is 6.92 Å². The highest BCUT2D eigenvalue weighted by molar-refractivity contribution is 7.87. The molecular formula is C9H16F7NO3S. The quantitative estimate of drug-likeness (QED) is 0.570. The Morgan fingerprint density at radius 3 is 1.67 bits per heavy atom. The summed E-state index contributed by atoms with van der Waals surface area (Å²) >= 11 is 0. The largest absolute Gasteiger partial charge is 0.438 e. The Kier molecular flexibility index (Phi) is 8.18. The highest BCUT2D eigenvalue weighted by Gasteiger charge is 2.79. The lowest BCUT2D eigenvalue weighted by atomic mass is 10.0. The molecule has 0 rings (SSSR count). The first-order valence-corrected chi connectivity index (χ1v) is 6.92. The SMILES string of the molecule is CCCC(F)C(F)(F)C(F)(F)C(F)(F)S(=O)(=O)O.CNC. The van der Waals surface area contributed by atoms with Crippen LogP contribution < -0.4 is 5.32 Å². The molecule has 0 aliphatic rings. The van der Waals surface area contributed by atoms with E-state index >= 15 is 0 Å². The van der Waals surface area contributed by atoms with Gasteiger partial charge >= 0.3 is 27.2 Å². The molecule has 0 heterocycles. The minimum absolute atomic E-state index is 0.357. The molecule has 0 saturated heterocycles. The molecule has 12 heteroatoms. The number of hydrogen-bond acceptors (Lipinski definition) is 3. The maximum atomic E-state index is 12.8. The molecule has 0 aromatic heterocycles. The van der Waals surface area contributed by atoms with Crippen molar-refractivity contribution in [3.63, 3.8) is 0 Å². The molecule has 0 aliphatic heterocycles. The van der Waals surface area contributed by atoms with Crippen LogP contribution in [0.4, 0.5) is 30.7 Å². The van der Waals surface area contributed by atoms with Gasteiger partial charge in [0.25, 0.3) is 0 Å². The Morgan fingerprint density at radius 2 is 1.43 bits per heavy atom. The lowest BCUT2D eigenvalue weighted by Gasteiger charge is -2.32. The fourth-order valence-corrected chi connectivity index (χ4v) is 1.45. The third-order valence-electron chi connectivity index (χ3n) is 2.04. The molecule has 0 aromatic rings. The summed E-state index contributed by atoms with van der Waals surface area (Å²) in [5.74, 6) is -12.5. The highest BCUT2D eigenvalue weighted by atomic mass is 32.2. The van der Waals surface area contributed by atoms with Crippen LogP contribution in [0, 0.1) is 0 Å². The van der Waals surface area contributed by atoms with Gasteiger partial charge in [-0.25, -0.2) is 4.39 Å². The first kappa shape index (κ1) is 22.7. The molecule has 0 saturated carbocycles. The van der Waals surface area contributed by atoms with Gasteiger partial charge in [-0.2, -0.15) is 34.8 Å². The van der Waals surface area contributed by atoms with E-state index in [-0.39, 0.29) is 6.42 Å². The zero-order valence-corrected chi connectivity index (χ0v) is 12.1. The van der Waals surface area contributed by atoms with Gasteiger partial charge in [-0.1, -0.05) is 13.3 Å². The molecule has 0 radical (unpaired) electrons. The summed E-state index contributed by atoms with van der Waals surface area (Å²) in [6, 6.07) is 0. The minimum atomic E-state index is -6.82. The van der Waals surface area contributed by atoms with Gasteiger partial charge in [0.1, 0.15) is 0 Å². The van der Waals surface area contributed by atoms with Gasteiger partial charge in [-0.15, -0.1) is 0 Å². The molecule has 1 atom stereocenters. The van der Waals surface area contributed by atoms with Crippen molar-refractivity contribution in [3.8, 4) is 0 Å². The number of alkyl halides is 7. The molecule has 4 nitrogen and oxygen atoms in total. The van der Waals surface area contributed by atoms with Crippen LogP contribution in [0.5, 0.6) is 0 Å². The van der Waals surface area contributed by atoms with Crippen LogP contribution in [0.25, 0.3) is 0 Å². The van der Waals surface area contributed by atoms with Crippen molar-refractivity contribution < 1.29 is 43.7 Å². The van der Waals surface area contributed by atoms with Crippen molar-refractivity contribution in [2.45, 2.75) is 43.0 Å². The standard InChI is InChI=1S/C7H9F7O3S.C2H7N/c1-2-3-4(8)5(9,10)6(11,12)7(13,14)18(15,16)17;1-3-2/h4H,2-3H2,1H3,(H,15,16,17);3H,1-2H3. The Bertz CT molecular complexity index is 414. The van der Waals surface area contributed by atoms with Gasteiger partial charge in [0, 0.05) is 0 Å². The first-order valence-electron chi connectivity index (χ1n) is 5.48. The lowest BCUT2D eigenvalue weighted by Crippen LogP contribution is -2.61. The molecule has 0 bridgehead atoms. The topological polar surface area (TPSA) is 66.4 Å². The van der Waals surface area contributed by atoms with E-state index in [4.69, 9.17) is 4.55 Å².